The summed E-state index contributed by atoms with van der Waals surface area (Å²) in [5.41, 5.74) is 0.331. The average Bonchev–Trinajstić information content (AvgIpc) is 2.41. The summed E-state index contributed by atoms with van der Waals surface area (Å²) in [5.74, 6) is -1.12. The first kappa shape index (κ1) is 24.5. The fourth-order valence-electron chi connectivity index (χ4n) is 0.704. The minimum Gasteiger partial charge on any atom is -0.478 e. The summed E-state index contributed by atoms with van der Waals surface area (Å²) >= 11 is 0. The second kappa shape index (κ2) is 16.6. The van der Waals surface area contributed by atoms with E-state index >= 15 is 0 Å². The Morgan fingerprint density at radius 1 is 1.10 bits per heavy atom. The minimum absolute atomic E-state index is 0. The van der Waals surface area contributed by atoms with E-state index in [0.29, 0.717) is 5.56 Å². The zero-order valence-corrected chi connectivity index (χ0v) is 14.9. The zero-order valence-electron chi connectivity index (χ0n) is 12.1. The van der Waals surface area contributed by atoms with Crippen LogP contribution in [-0.2, 0) is 47.0 Å². The molecule has 0 spiro atoms. The number of carbonyl (C=O) groups excluding carboxylic acids is 1. The number of hydrogen-bond donors (Lipinski definition) is 2. The van der Waals surface area contributed by atoms with Gasteiger partial charge in [0.1, 0.15) is 0 Å². The third-order valence-corrected chi connectivity index (χ3v) is 1.58. The summed E-state index contributed by atoms with van der Waals surface area (Å²) in [6.07, 6.45) is -1.21. The predicted octanol–water partition coefficient (Wildman–Crippen LogP) is 2.26. The van der Waals surface area contributed by atoms with Crippen molar-refractivity contribution in [2.45, 2.75) is 13.8 Å². The van der Waals surface area contributed by atoms with E-state index in [-0.39, 0.29) is 45.3 Å². The van der Waals surface area contributed by atoms with Crippen molar-refractivity contribution in [3.63, 3.8) is 0 Å². The van der Waals surface area contributed by atoms with Crippen molar-refractivity contribution in [1.29, 1.82) is 0 Å². The monoisotopic (exact) mass is 375 g/mol. The summed E-state index contributed by atoms with van der Waals surface area (Å²) in [7, 11) is 1.35. The van der Waals surface area contributed by atoms with Crippen LogP contribution in [0.1, 0.15) is 24.2 Å². The van der Waals surface area contributed by atoms with E-state index in [0.717, 1.165) is 0 Å². The van der Waals surface area contributed by atoms with Crippen molar-refractivity contribution < 1.29 is 66.8 Å². The van der Waals surface area contributed by atoms with Crippen LogP contribution in [0.25, 0.3) is 0 Å². The third-order valence-electron chi connectivity index (χ3n) is 1.58. The van der Waals surface area contributed by atoms with Gasteiger partial charge in [-0.25, -0.2) is 9.59 Å². The van der Waals surface area contributed by atoms with Crippen LogP contribution in [-0.4, -0.2) is 42.0 Å². The quantitative estimate of drug-likeness (QED) is 0.763. The molecule has 115 valence electrons. The molecule has 0 heterocycles. The van der Waals surface area contributed by atoms with E-state index in [4.69, 9.17) is 10.2 Å². The molecule has 0 bridgehead atoms. The number of aromatic carboxylic acids is 1. The molecule has 0 aliphatic heterocycles. The first-order chi connectivity index (χ1) is 9.34. The number of rotatable bonds is 2. The molecule has 0 aliphatic carbocycles. The van der Waals surface area contributed by atoms with Gasteiger partial charge in [0.25, 0.3) is 0 Å². The van der Waals surface area contributed by atoms with Crippen LogP contribution in [0.2, 0.25) is 0 Å². The van der Waals surface area contributed by atoms with Gasteiger partial charge in [-0.05, 0) is 19.1 Å². The maximum atomic E-state index is 10.2. The maximum absolute atomic E-state index is 10.2. The molecular formula is C13H18O7Y. The molecule has 0 unspecified atom stereocenters. The van der Waals surface area contributed by atoms with E-state index in [2.05, 4.69) is 9.47 Å². The summed E-state index contributed by atoms with van der Waals surface area (Å²) in [4.78, 5) is 29.2. The topological polar surface area (TPSA) is 110 Å². The SMILES string of the molecule is CCOC(=O)O.COC(C)=O.O=C(O)c1ccccc1.[Y]. The zero-order chi connectivity index (χ0) is 16.0. The Hall–Kier alpha value is -1.47. The molecule has 7 nitrogen and oxygen atoms in total. The van der Waals surface area contributed by atoms with Crippen molar-refractivity contribution >= 4 is 18.1 Å². The van der Waals surface area contributed by atoms with Gasteiger partial charge in [0.05, 0.1) is 19.3 Å². The molecule has 1 rings (SSSR count). The van der Waals surface area contributed by atoms with Gasteiger partial charge in [-0.1, -0.05) is 18.2 Å². The van der Waals surface area contributed by atoms with E-state index in [1.165, 1.54) is 14.0 Å². The molecule has 8 heteroatoms. The Balaban J connectivity index is -0.000000240. The van der Waals surface area contributed by atoms with Crippen LogP contribution in [0.15, 0.2) is 30.3 Å². The van der Waals surface area contributed by atoms with Crippen LogP contribution >= 0.6 is 0 Å². The van der Waals surface area contributed by atoms with E-state index in [9.17, 15) is 14.4 Å². The van der Waals surface area contributed by atoms with Gasteiger partial charge in [0, 0.05) is 39.6 Å². The number of carbonyl (C=O) groups is 3. The average molecular weight is 375 g/mol. The molecule has 2 N–H and O–H groups in total. The van der Waals surface area contributed by atoms with Gasteiger partial charge in [0.15, 0.2) is 0 Å². The molecule has 0 fully saturated rings. The fraction of sp³-hybridized carbons (Fsp3) is 0.308. The Bertz CT molecular complexity index is 406. The first-order valence-electron chi connectivity index (χ1n) is 5.53. The standard InChI is InChI=1S/C7H6O2.C3H6O3.C3H6O2.Y/c8-7(9)6-4-2-1-3-5-6;1-2-6-3(4)5;1-3(4)5-2;/h1-5H,(H,8,9);2H2,1H3,(H,4,5);1-2H3;. The van der Waals surface area contributed by atoms with Crippen LogP contribution in [0.5, 0.6) is 0 Å². The second-order valence-electron chi connectivity index (χ2n) is 3.07. The molecule has 1 radical (unpaired) electrons. The van der Waals surface area contributed by atoms with E-state index < -0.39 is 12.1 Å². The van der Waals surface area contributed by atoms with E-state index in [1.54, 1.807) is 37.3 Å². The smallest absolute Gasteiger partial charge is 0.478 e. The minimum atomic E-state index is -1.21. The van der Waals surface area contributed by atoms with Crippen molar-refractivity contribution in [3.05, 3.63) is 35.9 Å². The van der Waals surface area contributed by atoms with Crippen molar-refractivity contribution in [3.8, 4) is 0 Å². The number of esters is 1. The number of methoxy groups -OCH3 is 1. The molecule has 0 aromatic heterocycles. The van der Waals surface area contributed by atoms with Gasteiger partial charge < -0.3 is 19.7 Å². The Morgan fingerprint density at radius 3 is 1.67 bits per heavy atom. The molecule has 0 atom stereocenters. The Labute approximate surface area is 148 Å². The molecule has 1 aromatic carbocycles. The van der Waals surface area contributed by atoms with Crippen LogP contribution < -0.4 is 0 Å². The van der Waals surface area contributed by atoms with Gasteiger partial charge in [-0.2, -0.15) is 0 Å². The third kappa shape index (κ3) is 21.0. The summed E-state index contributed by atoms with van der Waals surface area (Å²) in [6, 6.07) is 8.30. The van der Waals surface area contributed by atoms with Crippen molar-refractivity contribution in [1.82, 2.24) is 0 Å². The van der Waals surface area contributed by atoms with Gasteiger partial charge in [-0.15, -0.1) is 0 Å². The van der Waals surface area contributed by atoms with Crippen LogP contribution in [0.3, 0.4) is 0 Å². The normalized spacial score (nSPS) is 7.57. The summed E-state index contributed by atoms with van der Waals surface area (Å²) in [5, 5.41) is 16.1. The van der Waals surface area contributed by atoms with Crippen molar-refractivity contribution in [2.24, 2.45) is 0 Å². The Morgan fingerprint density at radius 2 is 1.52 bits per heavy atom. The maximum Gasteiger partial charge on any atom is 0.505 e. The second-order valence-corrected chi connectivity index (χ2v) is 3.07. The molecule has 0 saturated carbocycles. The molecule has 21 heavy (non-hydrogen) atoms. The number of hydrogen-bond acceptors (Lipinski definition) is 5. The van der Waals surface area contributed by atoms with Crippen molar-refractivity contribution in [2.75, 3.05) is 13.7 Å². The van der Waals surface area contributed by atoms with Gasteiger partial charge >= 0.3 is 18.1 Å². The number of carboxylic acids is 1. The molecule has 0 aliphatic rings. The molecule has 1 aromatic rings. The number of benzene rings is 1. The fourth-order valence-corrected chi connectivity index (χ4v) is 0.704. The summed E-state index contributed by atoms with van der Waals surface area (Å²) < 4.78 is 8.07. The molecule has 0 amide bonds. The van der Waals surface area contributed by atoms with Gasteiger partial charge in [0.2, 0.25) is 0 Å². The number of ether oxygens (including phenoxy) is 2. The summed E-state index contributed by atoms with van der Waals surface area (Å²) in [6.45, 7) is 3.21. The predicted molar refractivity (Wildman–Crippen MR) is 70.7 cm³/mol. The Kier molecular flexibility index (Phi) is 19.4. The van der Waals surface area contributed by atoms with E-state index in [1.807, 2.05) is 0 Å². The van der Waals surface area contributed by atoms with Crippen LogP contribution in [0, 0.1) is 0 Å². The van der Waals surface area contributed by atoms with Crippen LogP contribution in [0.4, 0.5) is 4.79 Å². The molecular weight excluding hydrogens is 357 g/mol. The molecule has 0 saturated heterocycles. The first-order valence-corrected chi connectivity index (χ1v) is 5.53. The number of carboxylic acid groups (broad SMARTS) is 2. The van der Waals surface area contributed by atoms with Gasteiger partial charge in [-0.3, -0.25) is 4.79 Å². The largest absolute Gasteiger partial charge is 0.505 e.